The Morgan fingerprint density at radius 1 is 1.19 bits per heavy atom. The number of likely N-dealkylation sites (N-methyl/N-ethyl adjacent to an activating group) is 1. The lowest BCUT2D eigenvalue weighted by Crippen LogP contribution is -2.53. The third-order valence-corrected chi connectivity index (χ3v) is 5.68. The van der Waals surface area contributed by atoms with Crippen molar-refractivity contribution in [1.82, 2.24) is 9.80 Å². The Morgan fingerprint density at radius 3 is 2.54 bits per heavy atom. The Kier molecular flexibility index (Phi) is 5.81. The lowest BCUT2D eigenvalue weighted by molar-refractivity contribution is -0.139. The van der Waals surface area contributed by atoms with Crippen LogP contribution >= 0.6 is 0 Å². The Bertz CT molecular complexity index is 626. The molecule has 26 heavy (non-hydrogen) atoms. The molecule has 3 rings (SSSR count). The monoisotopic (exact) mass is 360 g/mol. The van der Waals surface area contributed by atoms with Crippen LogP contribution in [0.1, 0.15) is 30.7 Å². The molecular weight excluding hydrogens is 332 g/mol. The summed E-state index contributed by atoms with van der Waals surface area (Å²) in [6, 6.07) is 10.0. The van der Waals surface area contributed by atoms with Crippen molar-refractivity contribution >= 4 is 12.0 Å². The second-order valence-electron chi connectivity index (χ2n) is 7.46. The van der Waals surface area contributed by atoms with Crippen LogP contribution in [0, 0.1) is 5.41 Å². The largest absolute Gasteiger partial charge is 0.447 e. The predicted molar refractivity (Wildman–Crippen MR) is 97.9 cm³/mol. The van der Waals surface area contributed by atoms with Crippen LogP contribution in [0.4, 0.5) is 4.79 Å². The van der Waals surface area contributed by atoms with E-state index in [1.54, 1.807) is 12.0 Å². The summed E-state index contributed by atoms with van der Waals surface area (Å²) in [7, 11) is 3.48. The molecule has 2 aliphatic rings. The number of ether oxygens (including phenoxy) is 2. The molecular formula is C20H28N2O4. The van der Waals surface area contributed by atoms with Gasteiger partial charge in [-0.25, -0.2) is 4.79 Å². The number of carbonyl (C=O) groups is 2. The maximum atomic E-state index is 12.7. The number of nitrogens with zero attached hydrogens (tertiary/aromatic N) is 2. The van der Waals surface area contributed by atoms with Crippen molar-refractivity contribution in [3.63, 3.8) is 0 Å². The number of benzene rings is 1. The van der Waals surface area contributed by atoms with Gasteiger partial charge in [0.25, 0.3) is 0 Å². The number of methoxy groups -OCH3 is 1. The van der Waals surface area contributed by atoms with E-state index in [9.17, 15) is 9.59 Å². The van der Waals surface area contributed by atoms with Crippen molar-refractivity contribution < 1.29 is 19.1 Å². The molecule has 1 aromatic rings. The summed E-state index contributed by atoms with van der Waals surface area (Å²) in [5.41, 5.74) is 1.16. The molecule has 2 fully saturated rings. The molecule has 6 heteroatoms. The number of carbonyl (C=O) groups excluding carboxylic acids is 2. The SMILES string of the molecule is COCCOC(=O)N1CCC2(CC1)CC(c1ccccc1)C(=O)N(C)C2. The third-order valence-electron chi connectivity index (χ3n) is 5.68. The molecule has 0 aliphatic carbocycles. The van der Waals surface area contributed by atoms with Crippen LogP contribution < -0.4 is 0 Å². The first kappa shape index (κ1) is 18.7. The molecule has 2 amide bonds. The Balaban J connectivity index is 1.64. The second-order valence-corrected chi connectivity index (χ2v) is 7.46. The first-order valence-electron chi connectivity index (χ1n) is 9.25. The van der Waals surface area contributed by atoms with Gasteiger partial charge in [-0.2, -0.15) is 0 Å². The predicted octanol–water partition coefficient (Wildman–Crippen LogP) is 2.50. The summed E-state index contributed by atoms with van der Waals surface area (Å²) in [5.74, 6) is 0.110. The van der Waals surface area contributed by atoms with Gasteiger partial charge >= 0.3 is 6.09 Å². The lowest BCUT2D eigenvalue weighted by Gasteiger charge is -2.48. The zero-order valence-electron chi connectivity index (χ0n) is 15.6. The van der Waals surface area contributed by atoms with E-state index in [2.05, 4.69) is 0 Å². The van der Waals surface area contributed by atoms with Gasteiger partial charge in [0.2, 0.25) is 5.91 Å². The second kappa shape index (κ2) is 8.08. The minimum Gasteiger partial charge on any atom is -0.447 e. The maximum Gasteiger partial charge on any atom is 0.409 e. The third kappa shape index (κ3) is 4.01. The molecule has 2 saturated heterocycles. The van der Waals surface area contributed by atoms with Gasteiger partial charge in [0.05, 0.1) is 12.5 Å². The minimum absolute atomic E-state index is 0.0759. The van der Waals surface area contributed by atoms with E-state index in [1.807, 2.05) is 42.3 Å². The van der Waals surface area contributed by atoms with Crippen molar-refractivity contribution in [2.75, 3.05) is 47.0 Å². The molecule has 142 valence electrons. The van der Waals surface area contributed by atoms with Gasteiger partial charge in [0.1, 0.15) is 6.61 Å². The molecule has 0 saturated carbocycles. The smallest absolute Gasteiger partial charge is 0.409 e. The Labute approximate surface area is 155 Å². The van der Waals surface area contributed by atoms with Crippen LogP contribution in [0.15, 0.2) is 30.3 Å². The van der Waals surface area contributed by atoms with Gasteiger partial charge in [-0.15, -0.1) is 0 Å². The maximum absolute atomic E-state index is 12.7. The molecule has 0 bridgehead atoms. The fourth-order valence-corrected chi connectivity index (χ4v) is 4.21. The van der Waals surface area contributed by atoms with E-state index in [-0.39, 0.29) is 29.9 Å². The van der Waals surface area contributed by atoms with Crippen LogP contribution in [-0.2, 0) is 14.3 Å². The summed E-state index contributed by atoms with van der Waals surface area (Å²) in [5, 5.41) is 0. The average molecular weight is 360 g/mol. The number of rotatable bonds is 4. The summed E-state index contributed by atoms with van der Waals surface area (Å²) >= 11 is 0. The van der Waals surface area contributed by atoms with Crippen molar-refractivity contribution in [3.05, 3.63) is 35.9 Å². The molecule has 0 N–H and O–H groups in total. The highest BCUT2D eigenvalue weighted by molar-refractivity contribution is 5.84. The highest BCUT2D eigenvalue weighted by atomic mass is 16.6. The summed E-state index contributed by atoms with van der Waals surface area (Å²) in [6.07, 6.45) is 2.38. The highest BCUT2D eigenvalue weighted by Gasteiger charge is 2.45. The molecule has 2 heterocycles. The van der Waals surface area contributed by atoms with Gasteiger partial charge in [-0.05, 0) is 30.2 Å². The van der Waals surface area contributed by atoms with E-state index < -0.39 is 0 Å². The van der Waals surface area contributed by atoms with Gasteiger partial charge in [-0.1, -0.05) is 30.3 Å². The molecule has 1 atom stereocenters. The number of likely N-dealkylation sites (tertiary alicyclic amines) is 2. The Hall–Kier alpha value is -2.08. The summed E-state index contributed by atoms with van der Waals surface area (Å²) < 4.78 is 10.1. The first-order chi connectivity index (χ1) is 12.5. The number of amides is 2. The normalized spacial score (nSPS) is 22.5. The minimum atomic E-state index is -0.267. The van der Waals surface area contributed by atoms with Crippen molar-refractivity contribution in [1.29, 1.82) is 0 Å². The van der Waals surface area contributed by atoms with E-state index in [0.29, 0.717) is 19.7 Å². The quantitative estimate of drug-likeness (QED) is 0.774. The molecule has 1 spiro atoms. The standard InChI is InChI=1S/C20H28N2O4/c1-21-15-20(14-17(18(21)23)16-6-4-3-5-7-16)8-10-22(11-9-20)19(24)26-13-12-25-2/h3-7,17H,8-15H2,1-2H3. The molecule has 0 aromatic heterocycles. The summed E-state index contributed by atoms with van der Waals surface area (Å²) in [4.78, 5) is 28.5. The molecule has 6 nitrogen and oxygen atoms in total. The fourth-order valence-electron chi connectivity index (χ4n) is 4.21. The number of piperidine rings is 2. The van der Waals surface area contributed by atoms with E-state index in [0.717, 1.165) is 31.4 Å². The van der Waals surface area contributed by atoms with Crippen molar-refractivity contribution in [3.8, 4) is 0 Å². The van der Waals surface area contributed by atoms with Crippen LogP contribution in [0.3, 0.4) is 0 Å². The fraction of sp³-hybridized carbons (Fsp3) is 0.600. The molecule has 0 radical (unpaired) electrons. The summed E-state index contributed by atoms with van der Waals surface area (Å²) in [6.45, 7) is 2.81. The zero-order chi connectivity index (χ0) is 18.6. The van der Waals surface area contributed by atoms with E-state index in [1.165, 1.54) is 0 Å². The van der Waals surface area contributed by atoms with Gasteiger partial charge in [-0.3, -0.25) is 4.79 Å². The van der Waals surface area contributed by atoms with Gasteiger partial charge < -0.3 is 19.3 Å². The van der Waals surface area contributed by atoms with Gasteiger partial charge in [0.15, 0.2) is 0 Å². The number of hydrogen-bond donors (Lipinski definition) is 0. The Morgan fingerprint density at radius 2 is 1.88 bits per heavy atom. The van der Waals surface area contributed by atoms with Crippen LogP contribution in [0.5, 0.6) is 0 Å². The highest BCUT2D eigenvalue weighted by Crippen LogP contribution is 2.45. The molecule has 1 unspecified atom stereocenters. The van der Waals surface area contributed by atoms with Crippen LogP contribution in [-0.4, -0.2) is 68.8 Å². The lowest BCUT2D eigenvalue weighted by atomic mass is 9.68. The van der Waals surface area contributed by atoms with Crippen LogP contribution in [0.25, 0.3) is 0 Å². The molecule has 2 aliphatic heterocycles. The average Bonchev–Trinajstić information content (AvgIpc) is 2.66. The topological polar surface area (TPSA) is 59.1 Å². The zero-order valence-corrected chi connectivity index (χ0v) is 15.6. The van der Waals surface area contributed by atoms with E-state index >= 15 is 0 Å². The number of hydrogen-bond acceptors (Lipinski definition) is 4. The van der Waals surface area contributed by atoms with Crippen LogP contribution in [0.2, 0.25) is 0 Å². The molecule has 1 aromatic carbocycles. The van der Waals surface area contributed by atoms with Gasteiger partial charge in [0, 0.05) is 33.8 Å². The van der Waals surface area contributed by atoms with Crippen molar-refractivity contribution in [2.45, 2.75) is 25.2 Å². The van der Waals surface area contributed by atoms with Crippen molar-refractivity contribution in [2.24, 2.45) is 5.41 Å². The van der Waals surface area contributed by atoms with E-state index in [4.69, 9.17) is 9.47 Å². The first-order valence-corrected chi connectivity index (χ1v) is 9.25.